The van der Waals surface area contributed by atoms with E-state index in [1.807, 2.05) is 32.9 Å². The number of rotatable bonds is 3. The van der Waals surface area contributed by atoms with Crippen molar-refractivity contribution in [2.24, 2.45) is 0 Å². The monoisotopic (exact) mass is 403 g/mol. The molecule has 0 spiro atoms. The van der Waals surface area contributed by atoms with Crippen molar-refractivity contribution in [2.75, 3.05) is 13.7 Å². The Balaban J connectivity index is 2.32. The van der Waals surface area contributed by atoms with Crippen LogP contribution in [0.5, 0.6) is 0 Å². The number of carbonyl (C=O) groups excluding carboxylic acids is 2. The zero-order chi connectivity index (χ0) is 17.3. The third kappa shape index (κ3) is 4.07. The quantitative estimate of drug-likeness (QED) is 0.715. The number of methoxy groups -OCH3 is 1. The standard InChI is InChI=1S/C16H22BrNO4S/c1-15(2,3)22-14(20)18-9-5-8-16(18,13(19)21-4)10-11-6-7-12(17)23-11/h6-7H,5,8-10H2,1-4H3. The number of halogens is 1. The molecule has 7 heteroatoms. The molecule has 1 atom stereocenters. The normalized spacial score (nSPS) is 21.3. The minimum absolute atomic E-state index is 0.384. The summed E-state index contributed by atoms with van der Waals surface area (Å²) in [7, 11) is 1.36. The fourth-order valence-corrected chi connectivity index (χ4v) is 4.44. The first-order chi connectivity index (χ1) is 10.7. The van der Waals surface area contributed by atoms with Crippen molar-refractivity contribution in [3.8, 4) is 0 Å². The van der Waals surface area contributed by atoms with Crippen LogP contribution in [0.4, 0.5) is 4.79 Å². The fraction of sp³-hybridized carbons (Fsp3) is 0.625. The maximum Gasteiger partial charge on any atom is 0.411 e. The SMILES string of the molecule is COC(=O)C1(Cc2ccc(Br)s2)CCCN1C(=O)OC(C)(C)C. The zero-order valence-electron chi connectivity index (χ0n) is 13.8. The molecule has 2 heterocycles. The Kier molecular flexibility index (Phi) is 5.41. The fourth-order valence-electron chi connectivity index (χ4n) is 2.85. The number of esters is 1. The summed E-state index contributed by atoms with van der Waals surface area (Å²) in [6.45, 7) is 5.95. The van der Waals surface area contributed by atoms with Crippen molar-refractivity contribution >= 4 is 39.3 Å². The van der Waals surface area contributed by atoms with E-state index in [1.54, 1.807) is 11.3 Å². The molecule has 0 N–H and O–H groups in total. The lowest BCUT2D eigenvalue weighted by molar-refractivity contribution is -0.153. The van der Waals surface area contributed by atoms with Crippen molar-refractivity contribution in [1.82, 2.24) is 4.90 Å². The molecule has 0 bridgehead atoms. The van der Waals surface area contributed by atoms with E-state index in [2.05, 4.69) is 15.9 Å². The Labute approximate surface area is 149 Å². The number of amides is 1. The number of likely N-dealkylation sites (tertiary alicyclic amines) is 1. The van der Waals surface area contributed by atoms with Crippen LogP contribution in [0.1, 0.15) is 38.5 Å². The van der Waals surface area contributed by atoms with Gasteiger partial charge in [-0.1, -0.05) is 0 Å². The van der Waals surface area contributed by atoms with Gasteiger partial charge in [-0.3, -0.25) is 4.90 Å². The molecule has 1 amide bonds. The van der Waals surface area contributed by atoms with Gasteiger partial charge in [0, 0.05) is 17.8 Å². The van der Waals surface area contributed by atoms with Gasteiger partial charge in [-0.15, -0.1) is 11.3 Å². The first kappa shape index (κ1) is 18.3. The van der Waals surface area contributed by atoms with Gasteiger partial charge < -0.3 is 9.47 Å². The molecule has 0 aromatic carbocycles. The van der Waals surface area contributed by atoms with Crippen molar-refractivity contribution in [1.29, 1.82) is 0 Å². The molecule has 1 unspecified atom stereocenters. The van der Waals surface area contributed by atoms with E-state index >= 15 is 0 Å². The topological polar surface area (TPSA) is 55.8 Å². The van der Waals surface area contributed by atoms with Crippen molar-refractivity contribution in [3.05, 3.63) is 20.8 Å². The molecule has 1 fully saturated rings. The lowest BCUT2D eigenvalue weighted by Gasteiger charge is -2.36. The van der Waals surface area contributed by atoms with Crippen LogP contribution in [-0.4, -0.2) is 41.8 Å². The molecule has 0 aliphatic carbocycles. The van der Waals surface area contributed by atoms with Gasteiger partial charge in [0.25, 0.3) is 0 Å². The van der Waals surface area contributed by atoms with Crippen LogP contribution in [0.25, 0.3) is 0 Å². The van der Waals surface area contributed by atoms with Crippen LogP contribution in [0.2, 0.25) is 0 Å². The van der Waals surface area contributed by atoms with Gasteiger partial charge in [0.1, 0.15) is 11.1 Å². The second-order valence-electron chi connectivity index (χ2n) is 6.64. The summed E-state index contributed by atoms with van der Waals surface area (Å²) in [4.78, 5) is 27.7. The Morgan fingerprint density at radius 1 is 1.39 bits per heavy atom. The predicted octanol–water partition coefficient (Wildman–Crippen LogP) is 4.00. The molecule has 1 aliphatic rings. The number of hydrogen-bond donors (Lipinski definition) is 0. The smallest absolute Gasteiger partial charge is 0.411 e. The van der Waals surface area contributed by atoms with E-state index in [-0.39, 0.29) is 5.97 Å². The lowest BCUT2D eigenvalue weighted by Crippen LogP contribution is -2.56. The van der Waals surface area contributed by atoms with Gasteiger partial charge in [-0.25, -0.2) is 9.59 Å². The summed E-state index contributed by atoms with van der Waals surface area (Å²) in [5.41, 5.74) is -1.59. The van der Waals surface area contributed by atoms with Crippen LogP contribution in [-0.2, 0) is 20.7 Å². The van der Waals surface area contributed by atoms with Gasteiger partial charge in [-0.05, 0) is 61.7 Å². The van der Waals surface area contributed by atoms with E-state index < -0.39 is 17.2 Å². The van der Waals surface area contributed by atoms with E-state index in [0.29, 0.717) is 19.4 Å². The van der Waals surface area contributed by atoms with Crippen LogP contribution < -0.4 is 0 Å². The predicted molar refractivity (Wildman–Crippen MR) is 92.6 cm³/mol. The van der Waals surface area contributed by atoms with Crippen molar-refractivity contribution in [3.63, 3.8) is 0 Å². The molecule has 0 saturated carbocycles. The van der Waals surface area contributed by atoms with E-state index in [1.165, 1.54) is 12.0 Å². The van der Waals surface area contributed by atoms with Gasteiger partial charge in [-0.2, -0.15) is 0 Å². The highest BCUT2D eigenvalue weighted by molar-refractivity contribution is 9.11. The highest BCUT2D eigenvalue weighted by Gasteiger charge is 2.52. The van der Waals surface area contributed by atoms with Gasteiger partial charge >= 0.3 is 12.1 Å². The Bertz CT molecular complexity index is 595. The van der Waals surface area contributed by atoms with Crippen LogP contribution >= 0.6 is 27.3 Å². The molecule has 1 aromatic heterocycles. The molecule has 2 rings (SSSR count). The summed E-state index contributed by atoms with van der Waals surface area (Å²) in [5, 5.41) is 0. The second-order valence-corrected chi connectivity index (χ2v) is 9.19. The number of hydrogen-bond acceptors (Lipinski definition) is 5. The molecule has 1 saturated heterocycles. The molecule has 1 aromatic rings. The van der Waals surface area contributed by atoms with E-state index in [4.69, 9.17) is 9.47 Å². The third-order valence-corrected chi connectivity index (χ3v) is 5.39. The van der Waals surface area contributed by atoms with Crippen molar-refractivity contribution < 1.29 is 19.1 Å². The minimum Gasteiger partial charge on any atom is -0.467 e. The average Bonchev–Trinajstić information content (AvgIpc) is 3.03. The molecule has 128 valence electrons. The highest BCUT2D eigenvalue weighted by atomic mass is 79.9. The zero-order valence-corrected chi connectivity index (χ0v) is 16.3. The number of thiophene rings is 1. The minimum atomic E-state index is -0.985. The second kappa shape index (κ2) is 6.81. The molecule has 0 radical (unpaired) electrons. The molecule has 1 aliphatic heterocycles. The Hall–Kier alpha value is -1.08. The number of nitrogens with zero attached hydrogens (tertiary/aromatic N) is 1. The summed E-state index contributed by atoms with van der Waals surface area (Å²) >= 11 is 4.99. The summed E-state index contributed by atoms with van der Waals surface area (Å²) in [5.74, 6) is -0.384. The van der Waals surface area contributed by atoms with Crippen LogP contribution in [0.3, 0.4) is 0 Å². The summed E-state index contributed by atoms with van der Waals surface area (Å²) < 4.78 is 11.5. The third-order valence-electron chi connectivity index (χ3n) is 3.76. The van der Waals surface area contributed by atoms with Crippen molar-refractivity contribution in [2.45, 2.75) is 51.2 Å². The maximum absolute atomic E-state index is 12.6. The van der Waals surface area contributed by atoms with Gasteiger partial charge in [0.2, 0.25) is 0 Å². The van der Waals surface area contributed by atoms with E-state index in [9.17, 15) is 9.59 Å². The maximum atomic E-state index is 12.6. The van der Waals surface area contributed by atoms with E-state index in [0.717, 1.165) is 15.1 Å². The van der Waals surface area contributed by atoms with Gasteiger partial charge in [0.15, 0.2) is 0 Å². The van der Waals surface area contributed by atoms with Crippen LogP contribution in [0.15, 0.2) is 15.9 Å². The average molecular weight is 404 g/mol. The molecular weight excluding hydrogens is 382 g/mol. The molecular formula is C16H22BrNO4S. The molecule has 5 nitrogen and oxygen atoms in total. The lowest BCUT2D eigenvalue weighted by atomic mass is 9.91. The Morgan fingerprint density at radius 3 is 2.61 bits per heavy atom. The first-order valence-electron chi connectivity index (χ1n) is 7.51. The largest absolute Gasteiger partial charge is 0.467 e. The molecule has 23 heavy (non-hydrogen) atoms. The van der Waals surface area contributed by atoms with Gasteiger partial charge in [0.05, 0.1) is 10.9 Å². The number of carbonyl (C=O) groups is 2. The van der Waals surface area contributed by atoms with Crippen LogP contribution in [0, 0.1) is 0 Å². The highest BCUT2D eigenvalue weighted by Crippen LogP contribution is 2.37. The summed E-state index contributed by atoms with van der Waals surface area (Å²) in [6.07, 6.45) is 1.31. The Morgan fingerprint density at radius 2 is 2.09 bits per heavy atom. The number of ether oxygens (including phenoxy) is 2. The first-order valence-corrected chi connectivity index (χ1v) is 9.12. The summed E-state index contributed by atoms with van der Waals surface area (Å²) in [6, 6.07) is 3.91.